The van der Waals surface area contributed by atoms with Gasteiger partial charge in [-0.25, -0.2) is 32.0 Å². The number of carbonyl (C=O) groups excluding carboxylic acids is 4. The Labute approximate surface area is 342 Å². The first-order chi connectivity index (χ1) is 27.8. The molecule has 3 heterocycles. The minimum atomic E-state index is -4.24. The number of aryl methyl sites for hydroxylation is 1. The lowest BCUT2D eigenvalue weighted by Gasteiger charge is -2.36. The van der Waals surface area contributed by atoms with Crippen LogP contribution in [0.15, 0.2) is 18.2 Å². The lowest BCUT2D eigenvalue weighted by atomic mass is 9.85. The summed E-state index contributed by atoms with van der Waals surface area (Å²) in [5.74, 6) is -4.26. The van der Waals surface area contributed by atoms with Crippen molar-refractivity contribution in [2.45, 2.75) is 139 Å². The monoisotopic (exact) mass is 844 g/mol. The fraction of sp³-hybridized carbons (Fsp3) is 0.707. The first kappa shape index (κ1) is 41.4. The van der Waals surface area contributed by atoms with Crippen molar-refractivity contribution in [3.63, 3.8) is 0 Å². The van der Waals surface area contributed by atoms with Crippen LogP contribution < -0.4 is 24.8 Å². The van der Waals surface area contributed by atoms with Crippen molar-refractivity contribution >= 4 is 44.9 Å². The molecule has 2 aromatic rings. The summed E-state index contributed by atoms with van der Waals surface area (Å²) in [5.41, 5.74) is -1.37. The number of sulfonamides is 1. The molecule has 4 amide bonds. The van der Waals surface area contributed by atoms with E-state index >= 15 is 0 Å². The van der Waals surface area contributed by atoms with Crippen molar-refractivity contribution in [2.24, 2.45) is 29.1 Å². The Bertz CT molecular complexity index is 2140. The summed E-state index contributed by atoms with van der Waals surface area (Å²) in [5, 5.41) is 5.33. The maximum atomic E-state index is 15.0. The van der Waals surface area contributed by atoms with Crippen LogP contribution in [0.4, 0.5) is 13.6 Å². The lowest BCUT2D eigenvalue weighted by Crippen LogP contribution is -2.61. The van der Waals surface area contributed by atoms with Crippen molar-refractivity contribution in [1.29, 1.82) is 0 Å². The van der Waals surface area contributed by atoms with Gasteiger partial charge in [-0.3, -0.25) is 19.1 Å². The number of halogens is 2. The van der Waals surface area contributed by atoms with E-state index in [1.165, 1.54) is 11.8 Å². The van der Waals surface area contributed by atoms with Crippen molar-refractivity contribution in [3.8, 4) is 11.6 Å². The van der Waals surface area contributed by atoms with E-state index in [1.54, 1.807) is 40.0 Å². The molecule has 18 heteroatoms. The largest absolute Gasteiger partial charge is 0.497 e. The molecule has 0 spiro atoms. The number of nitrogens with zero attached hydrogens (tertiary/aromatic N) is 3. The molecular weight excluding hydrogens is 791 g/mol. The number of alkyl carbamates (subject to hydrolysis) is 1. The van der Waals surface area contributed by atoms with Gasteiger partial charge in [0.25, 0.3) is 5.91 Å². The Morgan fingerprint density at radius 1 is 1.02 bits per heavy atom. The highest BCUT2D eigenvalue weighted by atomic mass is 32.2. The van der Waals surface area contributed by atoms with Crippen molar-refractivity contribution < 1.29 is 50.6 Å². The Morgan fingerprint density at radius 2 is 1.76 bits per heavy atom. The number of hydrogen-bond acceptors (Lipinski definition) is 11. The number of nitrogens with one attached hydrogen (secondary N) is 3. The van der Waals surface area contributed by atoms with Gasteiger partial charge in [0.1, 0.15) is 41.3 Å². The summed E-state index contributed by atoms with van der Waals surface area (Å²) in [7, 11) is -2.70. The van der Waals surface area contributed by atoms with Crippen LogP contribution in [0.2, 0.25) is 0 Å². The van der Waals surface area contributed by atoms with Crippen LogP contribution in [0, 0.1) is 29.1 Å². The second kappa shape index (κ2) is 15.0. The molecule has 0 radical (unpaired) electrons. The third kappa shape index (κ3) is 8.13. The SMILES string of the molecule is COc1ccc2nc3c(nc2c1)O[C@H]1CN(C(=O)[C@H](C(C)(C)C)NC(=O)O[C@@H]2C[C@H]2CCCCC3)[C@H](C(=O)N[C@]2(C(=O)NS(=O)(=O)C3(C)CC3)C[C@H]2C(F)F)[C@@H]1C1CC1. The highest BCUT2D eigenvalue weighted by Gasteiger charge is 2.68. The molecular formula is C41H54F2N6O9S. The smallest absolute Gasteiger partial charge is 0.408 e. The van der Waals surface area contributed by atoms with E-state index in [9.17, 15) is 36.4 Å². The minimum Gasteiger partial charge on any atom is -0.497 e. The summed E-state index contributed by atoms with van der Waals surface area (Å²) in [6.45, 7) is 6.61. The van der Waals surface area contributed by atoms with Crippen molar-refractivity contribution in [1.82, 2.24) is 30.2 Å². The molecule has 1 saturated heterocycles. The molecule has 2 bridgehead atoms. The predicted molar refractivity (Wildman–Crippen MR) is 209 cm³/mol. The average Bonchev–Trinajstić information content (AvgIpc) is 3.97. The Hall–Kier alpha value is -4.35. The van der Waals surface area contributed by atoms with Crippen LogP contribution in [0.25, 0.3) is 11.0 Å². The second-order valence-corrected chi connectivity index (χ2v) is 21.0. The topological polar surface area (TPSA) is 195 Å². The zero-order valence-electron chi connectivity index (χ0n) is 34.1. The van der Waals surface area contributed by atoms with Crippen molar-refractivity contribution in [3.05, 3.63) is 23.9 Å². The van der Waals surface area contributed by atoms with Gasteiger partial charge in [0.2, 0.25) is 34.1 Å². The summed E-state index contributed by atoms with van der Waals surface area (Å²) in [6, 6.07) is 2.81. The zero-order chi connectivity index (χ0) is 42.2. The Kier molecular flexibility index (Phi) is 10.5. The van der Waals surface area contributed by atoms with E-state index in [0.29, 0.717) is 61.0 Å². The summed E-state index contributed by atoms with van der Waals surface area (Å²) in [6.07, 6.45) is 1.22. The number of alkyl halides is 2. The minimum absolute atomic E-state index is 0.137. The highest BCUT2D eigenvalue weighted by molar-refractivity contribution is 7.91. The molecule has 59 heavy (non-hydrogen) atoms. The molecule has 5 fully saturated rings. The second-order valence-electron chi connectivity index (χ2n) is 18.8. The van der Waals surface area contributed by atoms with Gasteiger partial charge in [0, 0.05) is 12.0 Å². The molecule has 15 nitrogen and oxygen atoms in total. The molecule has 322 valence electrons. The molecule has 4 aliphatic carbocycles. The molecule has 2 aliphatic heterocycles. The number of aromatic nitrogens is 2. The van der Waals surface area contributed by atoms with Crippen molar-refractivity contribution in [2.75, 3.05) is 13.7 Å². The van der Waals surface area contributed by atoms with Gasteiger partial charge in [-0.05, 0) is 94.1 Å². The lowest BCUT2D eigenvalue weighted by molar-refractivity contribution is -0.144. The van der Waals surface area contributed by atoms with Gasteiger partial charge in [0.05, 0.1) is 35.4 Å². The van der Waals surface area contributed by atoms with E-state index in [0.717, 1.165) is 25.7 Å². The molecule has 1 aromatic carbocycles. The summed E-state index contributed by atoms with van der Waals surface area (Å²) in [4.78, 5) is 68.1. The number of benzene rings is 1. The molecule has 4 saturated carbocycles. The molecule has 3 N–H and O–H groups in total. The third-order valence-corrected chi connectivity index (χ3v) is 15.4. The normalized spacial score (nSPS) is 32.0. The van der Waals surface area contributed by atoms with Gasteiger partial charge < -0.3 is 29.7 Å². The van der Waals surface area contributed by atoms with Gasteiger partial charge in [-0.15, -0.1) is 0 Å². The Balaban J connectivity index is 1.18. The van der Waals surface area contributed by atoms with Crippen LogP contribution in [0.5, 0.6) is 11.6 Å². The number of amides is 4. The van der Waals surface area contributed by atoms with E-state index in [4.69, 9.17) is 24.2 Å². The molecule has 6 aliphatic rings. The zero-order valence-corrected chi connectivity index (χ0v) is 34.9. The highest BCUT2D eigenvalue weighted by Crippen LogP contribution is 2.51. The molecule has 8 rings (SSSR count). The number of carbonyl (C=O) groups is 4. The van der Waals surface area contributed by atoms with Gasteiger partial charge in [0.15, 0.2) is 0 Å². The average molecular weight is 845 g/mol. The molecule has 8 atom stereocenters. The quantitative estimate of drug-likeness (QED) is 0.341. The Morgan fingerprint density at radius 3 is 2.41 bits per heavy atom. The maximum absolute atomic E-state index is 15.0. The molecule has 1 aromatic heterocycles. The predicted octanol–water partition coefficient (Wildman–Crippen LogP) is 4.41. The summed E-state index contributed by atoms with van der Waals surface area (Å²) < 4.78 is 73.9. The fourth-order valence-electron chi connectivity index (χ4n) is 8.90. The van der Waals surface area contributed by atoms with Crippen LogP contribution in [0.1, 0.15) is 97.6 Å². The standard InChI is InChI=1S/C41H54F2N6O9S/c1-39(2,3)32-36(51)49-20-29(30(21-11-12-21)31(49)34(50)47-41(19-24(41)33(42)43)37(52)48-59(54,55)40(4)15-16-40)57-35-26(44-25-14-13-23(56-5)18-27(25)45-35)10-8-6-7-9-22-17-28(22)58-38(53)46-32/h13-14,18,21-22,24,28-33H,6-12,15-17,19-20H2,1-5H3,(H,46,53)(H,47,50)(H,48,52)/t22-,24+,28-,29+,30-,31+,32-,41-/m1/s1. The van der Waals surface area contributed by atoms with Gasteiger partial charge >= 0.3 is 6.09 Å². The number of fused-ring (bicyclic) bond motifs is 5. The number of ether oxygens (including phenoxy) is 3. The molecule has 0 unspecified atom stereocenters. The fourth-order valence-corrected chi connectivity index (χ4v) is 10.2. The van der Waals surface area contributed by atoms with E-state index in [2.05, 4.69) is 10.6 Å². The van der Waals surface area contributed by atoms with E-state index in [-0.39, 0.29) is 30.4 Å². The number of rotatable bonds is 8. The number of methoxy groups -OCH3 is 1. The van der Waals surface area contributed by atoms with E-state index < -0.39 is 92.4 Å². The third-order valence-electron chi connectivity index (χ3n) is 13.3. The maximum Gasteiger partial charge on any atom is 0.408 e. The van der Waals surface area contributed by atoms with Crippen LogP contribution in [-0.2, 0) is 35.6 Å². The van der Waals surface area contributed by atoms with Crippen LogP contribution >= 0.6 is 0 Å². The first-order valence-corrected chi connectivity index (χ1v) is 22.3. The van der Waals surface area contributed by atoms with Crippen LogP contribution in [0.3, 0.4) is 0 Å². The van der Waals surface area contributed by atoms with Gasteiger partial charge in [-0.2, -0.15) is 0 Å². The summed E-state index contributed by atoms with van der Waals surface area (Å²) >= 11 is 0. The number of hydrogen-bond donors (Lipinski definition) is 3. The van der Waals surface area contributed by atoms with Gasteiger partial charge in [-0.1, -0.05) is 33.6 Å². The van der Waals surface area contributed by atoms with E-state index in [1.807, 2.05) is 10.8 Å². The van der Waals surface area contributed by atoms with Crippen LogP contribution in [-0.4, -0.2) is 102 Å². The first-order valence-electron chi connectivity index (χ1n) is 20.8.